The van der Waals surface area contributed by atoms with Gasteiger partial charge in [-0.1, -0.05) is 18.2 Å². The van der Waals surface area contributed by atoms with E-state index in [4.69, 9.17) is 4.42 Å². The summed E-state index contributed by atoms with van der Waals surface area (Å²) in [7, 11) is -3.68. The minimum atomic E-state index is -3.68. The van der Waals surface area contributed by atoms with Gasteiger partial charge < -0.3 is 4.42 Å². The number of rotatable bonds is 3. The van der Waals surface area contributed by atoms with Crippen molar-refractivity contribution in [3.63, 3.8) is 0 Å². The maximum atomic E-state index is 12.3. The van der Waals surface area contributed by atoms with Crippen LogP contribution in [0.2, 0.25) is 0 Å². The number of sulfonamides is 1. The van der Waals surface area contributed by atoms with Gasteiger partial charge in [-0.2, -0.15) is 0 Å². The van der Waals surface area contributed by atoms with Crippen LogP contribution in [0.4, 0.5) is 5.69 Å². The summed E-state index contributed by atoms with van der Waals surface area (Å²) in [4.78, 5) is 11.2. The predicted molar refractivity (Wildman–Crippen MR) is 79.7 cm³/mol. The van der Waals surface area contributed by atoms with E-state index in [1.807, 2.05) is 0 Å². The van der Waals surface area contributed by atoms with Crippen LogP contribution in [0.1, 0.15) is 0 Å². The Balaban J connectivity index is 2.03. The van der Waals surface area contributed by atoms with E-state index in [1.54, 1.807) is 30.3 Å². The van der Waals surface area contributed by atoms with Gasteiger partial charge in [-0.15, -0.1) is 0 Å². The van der Waals surface area contributed by atoms with Crippen LogP contribution in [0.5, 0.6) is 0 Å². The van der Waals surface area contributed by atoms with Gasteiger partial charge in [0.05, 0.1) is 4.90 Å². The summed E-state index contributed by atoms with van der Waals surface area (Å²) in [5.74, 6) is 0. The summed E-state index contributed by atoms with van der Waals surface area (Å²) in [6.45, 7) is 0. The first-order valence-electron chi connectivity index (χ1n) is 6.16. The Morgan fingerprint density at radius 1 is 0.905 bits per heavy atom. The zero-order chi connectivity index (χ0) is 14.9. The van der Waals surface area contributed by atoms with E-state index in [1.165, 1.54) is 30.3 Å². The van der Waals surface area contributed by atoms with E-state index < -0.39 is 15.6 Å². The van der Waals surface area contributed by atoms with Gasteiger partial charge in [-0.05, 0) is 36.4 Å². The normalized spacial score (nSPS) is 11.4. The fourth-order valence-electron chi connectivity index (χ4n) is 1.94. The van der Waals surface area contributed by atoms with Crippen LogP contribution in [0.15, 0.2) is 74.8 Å². The SMILES string of the molecule is O=c1ccc2cc(S(=O)(=O)Nc3ccccc3)ccc2o1. The van der Waals surface area contributed by atoms with Gasteiger partial charge in [0, 0.05) is 17.1 Å². The van der Waals surface area contributed by atoms with E-state index in [9.17, 15) is 13.2 Å². The molecule has 6 heteroatoms. The molecule has 0 bridgehead atoms. The van der Waals surface area contributed by atoms with Crippen molar-refractivity contribution in [1.82, 2.24) is 0 Å². The van der Waals surface area contributed by atoms with Gasteiger partial charge >= 0.3 is 5.63 Å². The van der Waals surface area contributed by atoms with Crippen LogP contribution in [0.3, 0.4) is 0 Å². The second kappa shape index (κ2) is 5.06. The second-order valence-corrected chi connectivity index (χ2v) is 6.11. The standard InChI is InChI=1S/C15H11NO4S/c17-15-9-6-11-10-13(7-8-14(11)20-15)21(18,19)16-12-4-2-1-3-5-12/h1-10,16H. The first-order chi connectivity index (χ1) is 10.0. The van der Waals surface area contributed by atoms with Gasteiger partial charge in [0.1, 0.15) is 5.58 Å². The van der Waals surface area contributed by atoms with Crippen LogP contribution >= 0.6 is 0 Å². The number of fused-ring (bicyclic) bond motifs is 1. The molecular formula is C15H11NO4S. The number of benzene rings is 2. The third-order valence-electron chi connectivity index (χ3n) is 2.93. The smallest absolute Gasteiger partial charge is 0.336 e. The number of hydrogen-bond acceptors (Lipinski definition) is 4. The number of anilines is 1. The molecule has 1 N–H and O–H groups in total. The molecule has 1 aromatic heterocycles. The summed E-state index contributed by atoms with van der Waals surface area (Å²) in [5.41, 5.74) is 0.360. The lowest BCUT2D eigenvalue weighted by Crippen LogP contribution is -2.12. The van der Waals surface area contributed by atoms with Crippen LogP contribution in [0, 0.1) is 0 Å². The molecule has 0 aliphatic carbocycles. The lowest BCUT2D eigenvalue weighted by molar-refractivity contribution is 0.560. The fourth-order valence-corrected chi connectivity index (χ4v) is 3.03. The summed E-state index contributed by atoms with van der Waals surface area (Å²) >= 11 is 0. The van der Waals surface area contributed by atoms with Crippen molar-refractivity contribution in [2.75, 3.05) is 4.72 Å². The first kappa shape index (κ1) is 13.4. The summed E-state index contributed by atoms with van der Waals surface area (Å²) in [5, 5.41) is 0.547. The molecule has 1 heterocycles. The molecule has 0 aliphatic heterocycles. The van der Waals surface area contributed by atoms with E-state index in [0.717, 1.165) is 0 Å². The zero-order valence-electron chi connectivity index (χ0n) is 10.8. The third kappa shape index (κ3) is 2.80. The summed E-state index contributed by atoms with van der Waals surface area (Å²) < 4.78 is 32.1. The van der Waals surface area contributed by atoms with E-state index in [-0.39, 0.29) is 4.90 Å². The van der Waals surface area contributed by atoms with Crippen molar-refractivity contribution in [1.29, 1.82) is 0 Å². The molecule has 3 rings (SSSR count). The monoisotopic (exact) mass is 301 g/mol. The van der Waals surface area contributed by atoms with Crippen LogP contribution in [0.25, 0.3) is 11.0 Å². The molecule has 0 amide bonds. The van der Waals surface area contributed by atoms with Gasteiger partial charge in [0.2, 0.25) is 0 Å². The Morgan fingerprint density at radius 2 is 1.67 bits per heavy atom. The van der Waals surface area contributed by atoms with Crippen molar-refractivity contribution in [3.8, 4) is 0 Å². The van der Waals surface area contributed by atoms with Crippen molar-refractivity contribution in [2.24, 2.45) is 0 Å². The number of para-hydroxylation sites is 1. The zero-order valence-corrected chi connectivity index (χ0v) is 11.6. The van der Waals surface area contributed by atoms with Gasteiger partial charge in [0.25, 0.3) is 10.0 Å². The molecule has 0 fully saturated rings. The number of hydrogen-bond donors (Lipinski definition) is 1. The van der Waals surface area contributed by atoms with E-state index in [0.29, 0.717) is 16.7 Å². The lowest BCUT2D eigenvalue weighted by atomic mass is 10.2. The molecule has 0 saturated heterocycles. The van der Waals surface area contributed by atoms with Crippen molar-refractivity contribution in [2.45, 2.75) is 4.90 Å². The van der Waals surface area contributed by atoms with Crippen LogP contribution in [-0.4, -0.2) is 8.42 Å². The highest BCUT2D eigenvalue weighted by Gasteiger charge is 2.15. The third-order valence-corrected chi connectivity index (χ3v) is 4.31. The second-order valence-electron chi connectivity index (χ2n) is 4.43. The minimum absolute atomic E-state index is 0.104. The molecule has 3 aromatic rings. The molecule has 0 saturated carbocycles. The topological polar surface area (TPSA) is 76.4 Å². The Kier molecular flexibility index (Phi) is 3.23. The molecule has 0 atom stereocenters. The van der Waals surface area contributed by atoms with Crippen molar-refractivity contribution < 1.29 is 12.8 Å². The average Bonchev–Trinajstić information content (AvgIpc) is 2.47. The minimum Gasteiger partial charge on any atom is -0.423 e. The van der Waals surface area contributed by atoms with E-state index >= 15 is 0 Å². The Hall–Kier alpha value is -2.60. The Morgan fingerprint density at radius 3 is 2.43 bits per heavy atom. The summed E-state index contributed by atoms with van der Waals surface area (Å²) in [6.07, 6.45) is 0. The molecule has 0 aliphatic rings. The molecule has 2 aromatic carbocycles. The molecule has 0 spiro atoms. The highest BCUT2D eigenvalue weighted by molar-refractivity contribution is 7.92. The van der Waals surface area contributed by atoms with Crippen LogP contribution < -0.4 is 10.3 Å². The van der Waals surface area contributed by atoms with Crippen LogP contribution in [-0.2, 0) is 10.0 Å². The Labute approximate surface area is 120 Å². The molecule has 0 unspecified atom stereocenters. The van der Waals surface area contributed by atoms with Gasteiger partial charge in [0.15, 0.2) is 0 Å². The van der Waals surface area contributed by atoms with Gasteiger partial charge in [-0.3, -0.25) is 4.72 Å². The molecular weight excluding hydrogens is 290 g/mol. The van der Waals surface area contributed by atoms with Crippen molar-refractivity contribution >= 4 is 26.7 Å². The maximum absolute atomic E-state index is 12.3. The largest absolute Gasteiger partial charge is 0.423 e. The number of nitrogens with one attached hydrogen (secondary N) is 1. The highest BCUT2D eigenvalue weighted by atomic mass is 32.2. The Bertz CT molecular complexity index is 946. The lowest BCUT2D eigenvalue weighted by Gasteiger charge is -2.08. The quantitative estimate of drug-likeness (QED) is 0.754. The van der Waals surface area contributed by atoms with E-state index in [2.05, 4.69) is 4.72 Å². The van der Waals surface area contributed by atoms with Gasteiger partial charge in [-0.25, -0.2) is 13.2 Å². The first-order valence-corrected chi connectivity index (χ1v) is 7.65. The molecule has 0 radical (unpaired) electrons. The highest BCUT2D eigenvalue weighted by Crippen LogP contribution is 2.20. The molecule has 5 nitrogen and oxygen atoms in total. The predicted octanol–water partition coefficient (Wildman–Crippen LogP) is 2.59. The summed E-state index contributed by atoms with van der Waals surface area (Å²) in [6, 6.07) is 15.7. The fraction of sp³-hybridized carbons (Fsp3) is 0. The van der Waals surface area contributed by atoms with Crippen molar-refractivity contribution in [3.05, 3.63) is 71.1 Å². The maximum Gasteiger partial charge on any atom is 0.336 e. The molecule has 106 valence electrons. The molecule has 21 heavy (non-hydrogen) atoms. The average molecular weight is 301 g/mol.